The lowest BCUT2D eigenvalue weighted by molar-refractivity contribution is -0.0491. The minimum absolute atomic E-state index is 0.356. The molecule has 0 bridgehead atoms. The van der Waals surface area contributed by atoms with Crippen molar-refractivity contribution in [3.05, 3.63) is 0 Å². The summed E-state index contributed by atoms with van der Waals surface area (Å²) in [5, 5.41) is 0. The van der Waals surface area contributed by atoms with Gasteiger partial charge in [-0.3, -0.25) is 0 Å². The fourth-order valence-corrected chi connectivity index (χ4v) is 4.14. The van der Waals surface area contributed by atoms with Gasteiger partial charge in [0.1, 0.15) is 0 Å². The van der Waals surface area contributed by atoms with Crippen LogP contribution in [0.2, 0.25) is 0 Å². The van der Waals surface area contributed by atoms with Crippen molar-refractivity contribution in [1.29, 1.82) is 0 Å². The number of sulfonamides is 1. The molecule has 1 spiro atoms. The predicted octanol–water partition coefficient (Wildman–Crippen LogP) is 1.39. The Morgan fingerprint density at radius 2 is 1.61 bits per heavy atom. The van der Waals surface area contributed by atoms with Gasteiger partial charge in [0.25, 0.3) is 0 Å². The molecule has 2 rings (SSSR count). The lowest BCUT2D eigenvalue weighted by Gasteiger charge is -2.55. The van der Waals surface area contributed by atoms with Crippen LogP contribution in [-0.4, -0.2) is 56.6 Å². The highest BCUT2D eigenvalue weighted by Gasteiger charge is 2.46. The fourth-order valence-electron chi connectivity index (χ4n) is 3.29. The third-order valence-electron chi connectivity index (χ3n) is 4.07. The summed E-state index contributed by atoms with van der Waals surface area (Å²) in [4.78, 5) is 2.51. The zero-order valence-corrected chi connectivity index (χ0v) is 12.9. The molecule has 2 saturated heterocycles. The van der Waals surface area contributed by atoms with Gasteiger partial charge in [-0.15, -0.1) is 0 Å². The maximum atomic E-state index is 11.5. The average molecular weight is 274 g/mol. The molecule has 0 aliphatic carbocycles. The second-order valence-corrected chi connectivity index (χ2v) is 9.35. The second kappa shape index (κ2) is 4.46. The minimum Gasteiger partial charge on any atom is -0.302 e. The number of likely N-dealkylation sites (tertiary alicyclic amines) is 1. The number of nitrogens with zero attached hydrogens (tertiary/aromatic N) is 2. The molecule has 0 aromatic heterocycles. The molecule has 0 atom stereocenters. The van der Waals surface area contributed by atoms with Crippen LogP contribution in [0.5, 0.6) is 0 Å². The first-order chi connectivity index (χ1) is 8.10. The molecule has 2 aliphatic heterocycles. The third kappa shape index (κ3) is 3.25. The first kappa shape index (κ1) is 14.3. The van der Waals surface area contributed by atoms with E-state index in [2.05, 4.69) is 25.7 Å². The van der Waals surface area contributed by atoms with Crippen molar-refractivity contribution in [1.82, 2.24) is 9.21 Å². The third-order valence-corrected chi connectivity index (χ3v) is 5.37. The number of hydrogen-bond donors (Lipinski definition) is 0. The van der Waals surface area contributed by atoms with Crippen molar-refractivity contribution in [2.75, 3.05) is 39.0 Å². The quantitative estimate of drug-likeness (QED) is 0.764. The molecule has 2 heterocycles. The molecule has 0 aromatic carbocycles. The van der Waals surface area contributed by atoms with Gasteiger partial charge in [-0.05, 0) is 23.7 Å². The summed E-state index contributed by atoms with van der Waals surface area (Å²) in [6.07, 6.45) is 3.37. The Labute approximate surface area is 111 Å². The van der Waals surface area contributed by atoms with Gasteiger partial charge in [0.05, 0.1) is 6.26 Å². The molecule has 4 nitrogen and oxygen atoms in total. The van der Waals surface area contributed by atoms with Crippen molar-refractivity contribution in [2.24, 2.45) is 10.8 Å². The van der Waals surface area contributed by atoms with Crippen LogP contribution in [0.1, 0.15) is 33.6 Å². The molecule has 2 aliphatic rings. The zero-order chi connectivity index (χ0) is 13.6. The minimum atomic E-state index is -2.98. The van der Waals surface area contributed by atoms with Gasteiger partial charge in [-0.25, -0.2) is 12.7 Å². The summed E-state index contributed by atoms with van der Waals surface area (Å²) in [6, 6.07) is 0. The van der Waals surface area contributed by atoms with E-state index in [4.69, 9.17) is 0 Å². The molecule has 2 fully saturated rings. The number of hydrogen-bond acceptors (Lipinski definition) is 3. The van der Waals surface area contributed by atoms with E-state index in [1.807, 2.05) is 0 Å². The van der Waals surface area contributed by atoms with Crippen molar-refractivity contribution in [3.8, 4) is 0 Å². The van der Waals surface area contributed by atoms with Gasteiger partial charge in [-0.1, -0.05) is 20.8 Å². The molecular weight excluding hydrogens is 248 g/mol. The molecule has 0 unspecified atom stereocenters. The van der Waals surface area contributed by atoms with Crippen molar-refractivity contribution < 1.29 is 8.42 Å². The van der Waals surface area contributed by atoms with E-state index in [1.165, 1.54) is 6.26 Å². The molecule has 0 aromatic rings. The number of piperidine rings is 1. The van der Waals surface area contributed by atoms with E-state index >= 15 is 0 Å². The maximum Gasteiger partial charge on any atom is 0.211 e. The van der Waals surface area contributed by atoms with Crippen LogP contribution in [0.15, 0.2) is 0 Å². The Morgan fingerprint density at radius 3 is 2.00 bits per heavy atom. The summed E-state index contributed by atoms with van der Waals surface area (Å²) < 4.78 is 24.6. The SMILES string of the molecule is CC(C)(C)CN1CC2(CCN(S(C)(=O)=O)CC2)C1. The lowest BCUT2D eigenvalue weighted by Crippen LogP contribution is -2.61. The van der Waals surface area contributed by atoms with E-state index in [1.54, 1.807) is 4.31 Å². The first-order valence-corrected chi connectivity index (χ1v) is 8.62. The molecular formula is C13H26N2O2S. The summed E-state index contributed by atoms with van der Waals surface area (Å²) in [5.41, 5.74) is 0.765. The maximum absolute atomic E-state index is 11.5. The van der Waals surface area contributed by atoms with Crippen LogP contribution in [0.3, 0.4) is 0 Å². The highest BCUT2D eigenvalue weighted by molar-refractivity contribution is 7.88. The zero-order valence-electron chi connectivity index (χ0n) is 12.1. The molecule has 0 radical (unpaired) electrons. The van der Waals surface area contributed by atoms with Crippen LogP contribution < -0.4 is 0 Å². The Hall–Kier alpha value is -0.130. The van der Waals surface area contributed by atoms with Crippen LogP contribution in [-0.2, 0) is 10.0 Å². The van der Waals surface area contributed by atoms with Gasteiger partial charge in [0.15, 0.2) is 0 Å². The smallest absolute Gasteiger partial charge is 0.211 e. The van der Waals surface area contributed by atoms with Crippen LogP contribution in [0.4, 0.5) is 0 Å². The average Bonchev–Trinajstić information content (AvgIpc) is 2.12. The van der Waals surface area contributed by atoms with E-state index < -0.39 is 10.0 Å². The van der Waals surface area contributed by atoms with Crippen molar-refractivity contribution in [3.63, 3.8) is 0 Å². The summed E-state index contributed by atoms with van der Waals surface area (Å²) in [5.74, 6) is 0. The van der Waals surface area contributed by atoms with Crippen molar-refractivity contribution >= 4 is 10.0 Å². The van der Waals surface area contributed by atoms with Crippen LogP contribution in [0, 0.1) is 10.8 Å². The second-order valence-electron chi connectivity index (χ2n) is 7.37. The molecule has 18 heavy (non-hydrogen) atoms. The fraction of sp³-hybridized carbons (Fsp3) is 1.00. The molecule has 0 N–H and O–H groups in total. The molecule has 0 amide bonds. The Bertz CT molecular complexity index is 395. The molecule has 0 saturated carbocycles. The van der Waals surface area contributed by atoms with Crippen LogP contribution >= 0.6 is 0 Å². The van der Waals surface area contributed by atoms with Gasteiger partial charge < -0.3 is 4.90 Å². The Morgan fingerprint density at radius 1 is 1.11 bits per heavy atom. The normalized spacial score (nSPS) is 26.2. The molecule has 106 valence electrons. The van der Waals surface area contributed by atoms with Crippen molar-refractivity contribution in [2.45, 2.75) is 33.6 Å². The Balaban J connectivity index is 1.82. The molecule has 5 heteroatoms. The van der Waals surface area contributed by atoms with Gasteiger partial charge in [-0.2, -0.15) is 0 Å². The highest BCUT2D eigenvalue weighted by atomic mass is 32.2. The standard InChI is InChI=1S/C13H26N2O2S/c1-12(2,3)9-14-10-13(11-14)5-7-15(8-6-13)18(4,16)17/h5-11H2,1-4H3. The highest BCUT2D eigenvalue weighted by Crippen LogP contribution is 2.41. The van der Waals surface area contributed by atoms with E-state index in [-0.39, 0.29) is 0 Å². The lowest BCUT2D eigenvalue weighted by atomic mass is 9.71. The summed E-state index contributed by atoms with van der Waals surface area (Å²) in [6.45, 7) is 11.7. The van der Waals surface area contributed by atoms with Crippen LogP contribution in [0.25, 0.3) is 0 Å². The summed E-state index contributed by atoms with van der Waals surface area (Å²) in [7, 11) is -2.98. The monoisotopic (exact) mass is 274 g/mol. The predicted molar refractivity (Wildman–Crippen MR) is 74.0 cm³/mol. The summed E-state index contributed by atoms with van der Waals surface area (Å²) >= 11 is 0. The van der Waals surface area contributed by atoms with Gasteiger partial charge >= 0.3 is 0 Å². The van der Waals surface area contributed by atoms with E-state index in [0.29, 0.717) is 23.9 Å². The Kier molecular flexibility index (Phi) is 3.54. The largest absolute Gasteiger partial charge is 0.302 e. The first-order valence-electron chi connectivity index (χ1n) is 6.77. The van der Waals surface area contributed by atoms with E-state index in [9.17, 15) is 8.42 Å². The van der Waals surface area contributed by atoms with E-state index in [0.717, 1.165) is 32.5 Å². The van der Waals surface area contributed by atoms with Gasteiger partial charge in [0.2, 0.25) is 10.0 Å². The van der Waals surface area contributed by atoms with Gasteiger partial charge in [0, 0.05) is 32.7 Å². The number of rotatable bonds is 2. The topological polar surface area (TPSA) is 40.6 Å².